The van der Waals surface area contributed by atoms with Crippen LogP contribution in [0.3, 0.4) is 0 Å². The predicted octanol–water partition coefficient (Wildman–Crippen LogP) is 4.62. The Hall–Kier alpha value is -7.86. The summed E-state index contributed by atoms with van der Waals surface area (Å²) in [4.78, 5) is 138. The Bertz CT molecular complexity index is 2940. The summed E-state index contributed by atoms with van der Waals surface area (Å²) in [7, 11) is 0. The lowest BCUT2D eigenvalue weighted by atomic mass is 9.83. The van der Waals surface area contributed by atoms with E-state index in [4.69, 9.17) is 15.6 Å². The zero-order chi connectivity index (χ0) is 66.1. The summed E-state index contributed by atoms with van der Waals surface area (Å²) in [5, 5.41) is 39.0. The predicted molar refractivity (Wildman–Crippen MR) is 317 cm³/mol. The summed E-state index contributed by atoms with van der Waals surface area (Å²) in [5.41, 5.74) is 7.48. The molecule has 2 heterocycles. The zero-order valence-corrected chi connectivity index (χ0v) is 51.1. The number of nitrogens with two attached hydrogens (primary N) is 1. The Morgan fingerprint density at radius 3 is 1.92 bits per heavy atom. The van der Waals surface area contributed by atoms with Gasteiger partial charge in [-0.3, -0.25) is 43.3 Å². The fourth-order valence-corrected chi connectivity index (χ4v) is 10.4. The number of alkyl halides is 3. The highest BCUT2D eigenvalue weighted by Crippen LogP contribution is 2.41. The van der Waals surface area contributed by atoms with Crippen molar-refractivity contribution in [2.45, 2.75) is 123 Å². The second-order valence-corrected chi connectivity index (χ2v) is 23.8. The number of benzene rings is 2. The number of thioether (sulfide) groups is 2. The normalized spacial score (nSPS) is 13.9. The maximum absolute atomic E-state index is 15.2. The minimum atomic E-state index is -5.08. The minimum Gasteiger partial charge on any atom is -0.480 e. The largest absolute Gasteiger partial charge is 0.490 e. The summed E-state index contributed by atoms with van der Waals surface area (Å²) in [6, 6.07) is 8.67. The fraction of sp³-hybridized carbons (Fsp3) is 0.500. The number of carbonyl (C=O) groups is 11. The minimum absolute atomic E-state index is 0.0625. The van der Waals surface area contributed by atoms with Gasteiger partial charge in [0.1, 0.15) is 35.8 Å². The number of amides is 8. The summed E-state index contributed by atoms with van der Waals surface area (Å²) in [5.74, 6) is -12.2. The number of imide groups is 1. The van der Waals surface area contributed by atoms with Crippen molar-refractivity contribution < 1.29 is 90.0 Å². The van der Waals surface area contributed by atoms with Crippen molar-refractivity contribution in [2.24, 2.45) is 17.1 Å². The molecule has 5 unspecified atom stereocenters. The first-order valence-corrected chi connectivity index (χ1v) is 30.2. The van der Waals surface area contributed by atoms with Crippen molar-refractivity contribution in [2.75, 3.05) is 49.2 Å². The number of hydrogen-bond donors (Lipinski definition) is 9. The van der Waals surface area contributed by atoms with Crippen molar-refractivity contribution in [3.63, 3.8) is 0 Å². The standard InChI is InChI=1S/C56H75F2N9O12S2.C2HF3O2/c1-34(2)50(64-44(68)16-11-8-12-23-66-47(71)19-20-48(66)72)53(75)61-35(3)52(74)63-42(55(78)79)31-81-32-46(70)60-28-41(54(76)77)62-45(69)21-25-80-33-49(73)67(24-13-22-59)51(56(4,5)6)43-26-37(39-27-38(57)17-18-40(39)58)30-65(43)29-36-14-9-7-10-15-36;3-2(4,5)1(6)7/h7,9-10,14-15,17-20,26-27,30,34-35,41-42,50-51H,8,11-13,16,21-25,28-29,31-33,59H2,1-6H3,(H,60,70)(H,61,75)(H,62,69)(H,63,74)(H,64,68)(H,76,77)(H,78,79);(H,6,7). The maximum atomic E-state index is 15.2. The number of unbranched alkanes of at least 4 members (excludes halogenated alkanes) is 2. The van der Waals surface area contributed by atoms with Crippen LogP contribution in [0.15, 0.2) is 72.9 Å². The Kier molecular flexibility index (Phi) is 30.3. The number of carboxylic acids is 3. The number of aromatic nitrogens is 1. The van der Waals surface area contributed by atoms with Crippen LogP contribution in [-0.4, -0.2) is 174 Å². The van der Waals surface area contributed by atoms with E-state index in [2.05, 4.69) is 26.6 Å². The van der Waals surface area contributed by atoms with Crippen LogP contribution in [0.1, 0.15) is 97.4 Å². The Morgan fingerprint density at radius 1 is 0.716 bits per heavy atom. The van der Waals surface area contributed by atoms with Crippen LogP contribution in [0.2, 0.25) is 0 Å². The van der Waals surface area contributed by atoms with Gasteiger partial charge in [-0.2, -0.15) is 24.9 Å². The molecule has 23 nitrogen and oxygen atoms in total. The van der Waals surface area contributed by atoms with E-state index in [9.17, 15) is 75.7 Å². The van der Waals surface area contributed by atoms with E-state index < -0.39 is 113 Å². The number of carbonyl (C=O) groups excluding carboxylic acids is 8. The second-order valence-electron chi connectivity index (χ2n) is 21.7. The molecule has 484 valence electrons. The number of aliphatic carboxylic acids is 3. The Labute approximate surface area is 513 Å². The molecule has 4 rings (SSSR count). The monoisotopic (exact) mass is 1280 g/mol. The van der Waals surface area contributed by atoms with Gasteiger partial charge in [-0.25, -0.2) is 23.2 Å². The van der Waals surface area contributed by atoms with Gasteiger partial charge in [-0.1, -0.05) is 71.4 Å². The lowest BCUT2D eigenvalue weighted by Gasteiger charge is -2.41. The van der Waals surface area contributed by atoms with Gasteiger partial charge in [-0.15, -0.1) is 11.8 Å². The van der Waals surface area contributed by atoms with E-state index in [1.807, 2.05) is 55.7 Å². The van der Waals surface area contributed by atoms with Gasteiger partial charge in [-0.05, 0) is 73.9 Å². The van der Waals surface area contributed by atoms with Crippen molar-refractivity contribution in [3.05, 3.63) is 95.8 Å². The third-order valence-electron chi connectivity index (χ3n) is 13.1. The van der Waals surface area contributed by atoms with E-state index >= 15 is 4.39 Å². The van der Waals surface area contributed by atoms with Gasteiger partial charge in [0.2, 0.25) is 35.4 Å². The quantitative estimate of drug-likeness (QED) is 0.0224. The SMILES string of the molecule is CC(NC(=O)C(NC(=O)CCCCCN1C(=O)C=CC1=O)C(C)C)C(=O)NC(CSCC(=O)NCC(NC(=O)CCSCC(=O)N(CCCN)C(c1cc(-c2cc(F)ccc2F)cn1Cc1ccccc1)C(C)(C)C)C(=O)O)C(=O)O.O=C(O)C(F)(F)F. The third kappa shape index (κ3) is 25.1. The Morgan fingerprint density at radius 2 is 1.34 bits per heavy atom. The van der Waals surface area contributed by atoms with Crippen LogP contribution in [0, 0.1) is 23.0 Å². The molecule has 0 saturated carbocycles. The van der Waals surface area contributed by atoms with E-state index in [-0.39, 0.29) is 78.8 Å². The number of halogens is 5. The molecule has 5 atom stereocenters. The second kappa shape index (κ2) is 35.8. The van der Waals surface area contributed by atoms with Crippen LogP contribution in [-0.2, 0) is 59.3 Å². The number of rotatable bonds is 34. The molecule has 10 N–H and O–H groups in total. The third-order valence-corrected chi connectivity index (χ3v) is 15.1. The molecule has 2 aromatic carbocycles. The molecule has 88 heavy (non-hydrogen) atoms. The van der Waals surface area contributed by atoms with Gasteiger partial charge < -0.3 is 57.1 Å². The molecule has 0 saturated heterocycles. The maximum Gasteiger partial charge on any atom is 0.490 e. The van der Waals surface area contributed by atoms with Crippen molar-refractivity contribution >= 4 is 88.7 Å². The number of carboxylic acid groups (broad SMARTS) is 3. The first-order valence-electron chi connectivity index (χ1n) is 27.8. The molecule has 0 radical (unpaired) electrons. The fourth-order valence-electron chi connectivity index (χ4n) is 8.69. The lowest BCUT2D eigenvalue weighted by molar-refractivity contribution is -0.192. The molecule has 0 bridgehead atoms. The first-order chi connectivity index (χ1) is 41.2. The van der Waals surface area contributed by atoms with Crippen LogP contribution in [0.25, 0.3) is 11.1 Å². The number of nitrogens with one attached hydrogen (secondary N) is 5. The highest BCUT2D eigenvalue weighted by Gasteiger charge is 2.39. The van der Waals surface area contributed by atoms with E-state index in [1.54, 1.807) is 31.0 Å². The topological polar surface area (TPSA) is 346 Å². The van der Waals surface area contributed by atoms with Crippen molar-refractivity contribution in [1.29, 1.82) is 0 Å². The molecular weight excluding hydrogens is 1210 g/mol. The van der Waals surface area contributed by atoms with Crippen LogP contribution in [0.4, 0.5) is 22.0 Å². The molecule has 0 spiro atoms. The smallest absolute Gasteiger partial charge is 0.480 e. The summed E-state index contributed by atoms with van der Waals surface area (Å²) >= 11 is 1.97. The van der Waals surface area contributed by atoms with Gasteiger partial charge in [0.25, 0.3) is 11.8 Å². The van der Waals surface area contributed by atoms with E-state index in [0.717, 1.165) is 52.2 Å². The summed E-state index contributed by atoms with van der Waals surface area (Å²) in [6.07, 6.45) is 0.838. The molecule has 1 aliphatic rings. The summed E-state index contributed by atoms with van der Waals surface area (Å²) in [6.45, 7) is 11.2. The molecule has 8 amide bonds. The average Bonchev–Trinajstić information content (AvgIpc) is 4.08. The molecule has 30 heteroatoms. The van der Waals surface area contributed by atoms with E-state index in [0.29, 0.717) is 43.5 Å². The molecular formula is C58H76F5N9O14S2. The van der Waals surface area contributed by atoms with Crippen LogP contribution < -0.4 is 32.3 Å². The summed E-state index contributed by atoms with van der Waals surface area (Å²) < 4.78 is 63.3. The first kappa shape index (κ1) is 74.4. The molecule has 0 fully saturated rings. The zero-order valence-electron chi connectivity index (χ0n) is 49.5. The van der Waals surface area contributed by atoms with Crippen LogP contribution >= 0.6 is 23.5 Å². The molecule has 1 aliphatic heterocycles. The number of nitrogens with zero attached hydrogens (tertiary/aromatic N) is 3. The van der Waals surface area contributed by atoms with Crippen LogP contribution in [0.5, 0.6) is 0 Å². The number of hydrogen-bond acceptors (Lipinski definition) is 14. The highest BCUT2D eigenvalue weighted by atomic mass is 32.2. The Balaban J connectivity index is 0.00000272. The highest BCUT2D eigenvalue weighted by molar-refractivity contribution is 8.00. The van der Waals surface area contributed by atoms with Gasteiger partial charge >= 0.3 is 24.1 Å². The van der Waals surface area contributed by atoms with Crippen molar-refractivity contribution in [1.82, 2.24) is 41.0 Å². The molecule has 1 aromatic heterocycles. The lowest BCUT2D eigenvalue weighted by Crippen LogP contribution is -2.56. The van der Waals surface area contributed by atoms with Gasteiger partial charge in [0, 0.05) is 85.7 Å². The van der Waals surface area contributed by atoms with Crippen molar-refractivity contribution in [3.8, 4) is 11.1 Å². The van der Waals surface area contributed by atoms with E-state index in [1.165, 1.54) is 19.1 Å². The molecule has 3 aromatic rings. The average molecular weight is 1280 g/mol. The van der Waals surface area contributed by atoms with Gasteiger partial charge in [0.15, 0.2) is 0 Å². The molecule has 0 aliphatic carbocycles. The van der Waals surface area contributed by atoms with Gasteiger partial charge in [0.05, 0.1) is 17.5 Å².